The van der Waals surface area contributed by atoms with E-state index in [0.717, 1.165) is 30.0 Å². The molecule has 9 heteroatoms. The normalized spacial score (nSPS) is 21.4. The van der Waals surface area contributed by atoms with Crippen molar-refractivity contribution in [1.82, 2.24) is 14.5 Å². The summed E-state index contributed by atoms with van der Waals surface area (Å²) in [5.41, 5.74) is 1.15. The number of carbonyl (C=O) groups is 1. The summed E-state index contributed by atoms with van der Waals surface area (Å²) in [7, 11) is -3.49. The first-order valence-electron chi connectivity index (χ1n) is 8.71. The van der Waals surface area contributed by atoms with Crippen LogP contribution < -0.4 is 5.32 Å². The van der Waals surface area contributed by atoms with Crippen LogP contribution in [-0.2, 0) is 21.2 Å². The van der Waals surface area contributed by atoms with Crippen molar-refractivity contribution in [3.63, 3.8) is 0 Å². The maximum atomic E-state index is 12.8. The van der Waals surface area contributed by atoms with Gasteiger partial charge in [0, 0.05) is 37.8 Å². The van der Waals surface area contributed by atoms with E-state index in [1.165, 1.54) is 4.31 Å². The van der Waals surface area contributed by atoms with Crippen molar-refractivity contribution in [3.8, 4) is 0 Å². The third-order valence-corrected chi connectivity index (χ3v) is 7.52. The van der Waals surface area contributed by atoms with Crippen LogP contribution in [0.1, 0.15) is 18.9 Å². The number of nitrogens with one attached hydrogen (secondary N) is 1. The molecular formula is C17H26ClN3O3S2. The zero-order valence-corrected chi connectivity index (χ0v) is 17.3. The van der Waals surface area contributed by atoms with Crippen molar-refractivity contribution in [2.75, 3.05) is 37.8 Å². The summed E-state index contributed by atoms with van der Waals surface area (Å²) in [6.07, 6.45) is 1.99. The predicted octanol–water partition coefficient (Wildman–Crippen LogP) is 1.56. The van der Waals surface area contributed by atoms with Crippen molar-refractivity contribution in [3.05, 3.63) is 29.8 Å². The number of rotatable bonds is 5. The number of carbonyl (C=O) groups excluding carboxylic acids is 1. The number of piperazine rings is 1. The van der Waals surface area contributed by atoms with E-state index in [1.54, 1.807) is 28.8 Å². The van der Waals surface area contributed by atoms with Crippen molar-refractivity contribution in [1.29, 1.82) is 0 Å². The monoisotopic (exact) mass is 419 g/mol. The van der Waals surface area contributed by atoms with Crippen molar-refractivity contribution in [2.45, 2.75) is 30.7 Å². The van der Waals surface area contributed by atoms with Gasteiger partial charge in [0.1, 0.15) is 0 Å². The molecule has 2 heterocycles. The van der Waals surface area contributed by atoms with Gasteiger partial charge in [-0.05, 0) is 24.1 Å². The lowest BCUT2D eigenvalue weighted by molar-refractivity contribution is -0.133. The summed E-state index contributed by atoms with van der Waals surface area (Å²) in [5.74, 6) is 1.69. The molecule has 146 valence electrons. The van der Waals surface area contributed by atoms with Crippen LogP contribution in [-0.4, -0.2) is 67.4 Å². The number of amides is 1. The molecule has 0 aromatic heterocycles. The number of nitrogens with zero attached hydrogens (tertiary/aromatic N) is 2. The van der Waals surface area contributed by atoms with E-state index in [-0.39, 0.29) is 24.4 Å². The minimum absolute atomic E-state index is 0. The van der Waals surface area contributed by atoms with E-state index in [0.29, 0.717) is 31.1 Å². The largest absolute Gasteiger partial charge is 0.339 e. The summed E-state index contributed by atoms with van der Waals surface area (Å²) >= 11 is 1.72. The Labute approximate surface area is 166 Å². The summed E-state index contributed by atoms with van der Waals surface area (Å²) in [5, 5.41) is 3.18. The van der Waals surface area contributed by atoms with Crippen molar-refractivity contribution in [2.24, 2.45) is 0 Å². The Morgan fingerprint density at radius 2 is 1.85 bits per heavy atom. The molecular weight excluding hydrogens is 394 g/mol. The van der Waals surface area contributed by atoms with Gasteiger partial charge >= 0.3 is 0 Å². The van der Waals surface area contributed by atoms with Gasteiger partial charge in [0.15, 0.2) is 0 Å². The van der Waals surface area contributed by atoms with E-state index in [9.17, 15) is 13.2 Å². The number of benzene rings is 1. The van der Waals surface area contributed by atoms with Gasteiger partial charge in [-0.15, -0.1) is 24.2 Å². The summed E-state index contributed by atoms with van der Waals surface area (Å²) < 4.78 is 27.1. The van der Waals surface area contributed by atoms with Gasteiger partial charge in [-0.1, -0.05) is 25.5 Å². The SMILES string of the molecule is CCCc1ccc(S(=O)(=O)N2CCN(C(=O)C3CSCN3)CC2)cc1.Cl. The zero-order valence-electron chi connectivity index (χ0n) is 14.9. The number of aryl methyl sites for hydroxylation is 1. The summed E-state index contributed by atoms with van der Waals surface area (Å²) in [6.45, 7) is 3.71. The van der Waals surface area contributed by atoms with E-state index in [1.807, 2.05) is 12.1 Å². The smallest absolute Gasteiger partial charge is 0.243 e. The first-order valence-corrected chi connectivity index (χ1v) is 11.3. The third kappa shape index (κ3) is 4.72. The van der Waals surface area contributed by atoms with Crippen LogP contribution in [0.3, 0.4) is 0 Å². The highest BCUT2D eigenvalue weighted by Crippen LogP contribution is 2.20. The Bertz CT molecular complexity index is 698. The minimum atomic E-state index is -3.49. The Morgan fingerprint density at radius 3 is 2.38 bits per heavy atom. The topological polar surface area (TPSA) is 69.7 Å². The highest BCUT2D eigenvalue weighted by atomic mass is 35.5. The number of halogens is 1. The summed E-state index contributed by atoms with van der Waals surface area (Å²) in [6, 6.07) is 7.04. The number of thioether (sulfide) groups is 1. The maximum absolute atomic E-state index is 12.8. The van der Waals surface area contributed by atoms with Crippen molar-refractivity contribution < 1.29 is 13.2 Å². The molecule has 3 rings (SSSR count). The van der Waals surface area contributed by atoms with Gasteiger partial charge in [0.05, 0.1) is 10.9 Å². The highest BCUT2D eigenvalue weighted by molar-refractivity contribution is 7.99. The average molecular weight is 420 g/mol. The molecule has 2 fully saturated rings. The van der Waals surface area contributed by atoms with E-state index < -0.39 is 10.0 Å². The molecule has 0 saturated carbocycles. The van der Waals surface area contributed by atoms with Crippen LogP contribution in [0.2, 0.25) is 0 Å². The molecule has 1 aromatic carbocycles. The van der Waals surface area contributed by atoms with Crippen LogP contribution in [0.25, 0.3) is 0 Å². The van der Waals surface area contributed by atoms with Gasteiger partial charge in [0.2, 0.25) is 15.9 Å². The van der Waals surface area contributed by atoms with Crippen LogP contribution in [0, 0.1) is 0 Å². The second kappa shape index (κ2) is 9.41. The average Bonchev–Trinajstić information content (AvgIpc) is 3.17. The molecule has 0 spiro atoms. The molecule has 0 radical (unpaired) electrons. The lowest BCUT2D eigenvalue weighted by Gasteiger charge is -2.35. The van der Waals surface area contributed by atoms with Gasteiger partial charge in [-0.25, -0.2) is 8.42 Å². The predicted molar refractivity (Wildman–Crippen MR) is 107 cm³/mol. The molecule has 2 saturated heterocycles. The quantitative estimate of drug-likeness (QED) is 0.784. The molecule has 2 aliphatic heterocycles. The Balaban J connectivity index is 0.00000243. The second-order valence-electron chi connectivity index (χ2n) is 6.40. The first kappa shape index (κ1) is 21.5. The standard InChI is InChI=1S/C17H25N3O3S2.ClH/c1-2-3-14-4-6-15(7-5-14)25(22,23)20-10-8-19(9-11-20)17(21)16-12-24-13-18-16;/h4-7,16,18H,2-3,8-13H2,1H3;1H. The van der Waals surface area contributed by atoms with Gasteiger partial charge in [0.25, 0.3) is 0 Å². The number of hydrogen-bond acceptors (Lipinski definition) is 5. The summed E-state index contributed by atoms with van der Waals surface area (Å²) in [4.78, 5) is 14.5. The molecule has 1 atom stereocenters. The number of hydrogen-bond donors (Lipinski definition) is 1. The molecule has 0 bridgehead atoms. The van der Waals surface area contributed by atoms with Crippen LogP contribution >= 0.6 is 24.2 Å². The van der Waals surface area contributed by atoms with Crippen LogP contribution in [0.15, 0.2) is 29.2 Å². The van der Waals surface area contributed by atoms with Gasteiger partial charge < -0.3 is 4.90 Å². The number of sulfonamides is 1. The molecule has 0 aliphatic carbocycles. The van der Waals surface area contributed by atoms with E-state index in [2.05, 4.69) is 12.2 Å². The van der Waals surface area contributed by atoms with E-state index in [4.69, 9.17) is 0 Å². The molecule has 2 aliphatic rings. The molecule has 1 N–H and O–H groups in total. The fourth-order valence-corrected chi connectivity index (χ4v) is 5.54. The lowest BCUT2D eigenvalue weighted by atomic mass is 10.1. The van der Waals surface area contributed by atoms with Crippen LogP contribution in [0.4, 0.5) is 0 Å². The molecule has 1 aromatic rings. The first-order chi connectivity index (χ1) is 12.0. The second-order valence-corrected chi connectivity index (χ2v) is 9.36. The third-order valence-electron chi connectivity index (χ3n) is 4.66. The fraction of sp³-hybridized carbons (Fsp3) is 0.588. The molecule has 6 nitrogen and oxygen atoms in total. The maximum Gasteiger partial charge on any atom is 0.243 e. The van der Waals surface area contributed by atoms with Crippen LogP contribution in [0.5, 0.6) is 0 Å². The Kier molecular flexibility index (Phi) is 7.78. The highest BCUT2D eigenvalue weighted by Gasteiger charge is 2.33. The minimum Gasteiger partial charge on any atom is -0.339 e. The van der Waals surface area contributed by atoms with Gasteiger partial charge in [-0.3, -0.25) is 10.1 Å². The van der Waals surface area contributed by atoms with Gasteiger partial charge in [-0.2, -0.15) is 4.31 Å². The van der Waals surface area contributed by atoms with E-state index >= 15 is 0 Å². The van der Waals surface area contributed by atoms with Crippen molar-refractivity contribution >= 4 is 40.1 Å². The Hall–Kier alpha value is -0.800. The molecule has 26 heavy (non-hydrogen) atoms. The Morgan fingerprint density at radius 1 is 1.19 bits per heavy atom. The zero-order chi connectivity index (χ0) is 17.9. The fourth-order valence-electron chi connectivity index (χ4n) is 3.19. The molecule has 1 unspecified atom stereocenters. The lowest BCUT2D eigenvalue weighted by Crippen LogP contribution is -2.54. The molecule has 1 amide bonds.